The molecule has 0 aliphatic rings. The van der Waals surface area contributed by atoms with Crippen LogP contribution in [0.4, 0.5) is 11.5 Å². The third-order valence-corrected chi connectivity index (χ3v) is 2.64. The Labute approximate surface area is 114 Å². The summed E-state index contributed by atoms with van der Waals surface area (Å²) >= 11 is 6.02. The predicted molar refractivity (Wildman–Crippen MR) is 70.3 cm³/mol. The van der Waals surface area contributed by atoms with Gasteiger partial charge in [-0.05, 0) is 12.1 Å². The summed E-state index contributed by atoms with van der Waals surface area (Å²) in [7, 11) is 1.55. The number of anilines is 2. The maximum absolute atomic E-state index is 10.6. The fourth-order valence-corrected chi connectivity index (χ4v) is 1.53. The van der Waals surface area contributed by atoms with Gasteiger partial charge < -0.3 is 15.2 Å². The number of carboxylic acids is 1. The van der Waals surface area contributed by atoms with Gasteiger partial charge in [-0.2, -0.15) is 0 Å². The standard InChI is InChI=1S/C12H10ClN3O3/c1-19-7-2-3-8(13)9(4-7)16-11-6-14-10(5-15-11)12(17)18/h2-6H,1H3,(H,15,16)(H,17,18). The van der Waals surface area contributed by atoms with Crippen molar-refractivity contribution in [1.29, 1.82) is 0 Å². The Morgan fingerprint density at radius 2 is 2.16 bits per heavy atom. The zero-order chi connectivity index (χ0) is 13.8. The highest BCUT2D eigenvalue weighted by molar-refractivity contribution is 6.33. The number of rotatable bonds is 4. The van der Waals surface area contributed by atoms with E-state index in [0.29, 0.717) is 22.3 Å². The number of methoxy groups -OCH3 is 1. The number of aromatic nitrogens is 2. The number of ether oxygens (including phenoxy) is 1. The average Bonchev–Trinajstić information content (AvgIpc) is 2.42. The minimum absolute atomic E-state index is 0.123. The summed E-state index contributed by atoms with van der Waals surface area (Å²) in [4.78, 5) is 18.3. The first-order valence-corrected chi connectivity index (χ1v) is 5.64. The summed E-state index contributed by atoms with van der Waals surface area (Å²) < 4.78 is 5.09. The number of carboxylic acid groups (broad SMARTS) is 1. The van der Waals surface area contributed by atoms with Gasteiger partial charge in [0.2, 0.25) is 0 Å². The van der Waals surface area contributed by atoms with Gasteiger partial charge in [-0.3, -0.25) is 0 Å². The van der Waals surface area contributed by atoms with Gasteiger partial charge in [0.1, 0.15) is 11.6 Å². The Morgan fingerprint density at radius 1 is 1.37 bits per heavy atom. The first-order valence-electron chi connectivity index (χ1n) is 5.26. The van der Waals surface area contributed by atoms with Crippen molar-refractivity contribution in [2.24, 2.45) is 0 Å². The van der Waals surface area contributed by atoms with Gasteiger partial charge in [0.05, 0.1) is 30.2 Å². The topological polar surface area (TPSA) is 84.3 Å². The number of carbonyl (C=O) groups is 1. The Hall–Kier alpha value is -2.34. The molecule has 0 atom stereocenters. The Balaban J connectivity index is 2.23. The van der Waals surface area contributed by atoms with Gasteiger partial charge in [-0.15, -0.1) is 0 Å². The molecule has 19 heavy (non-hydrogen) atoms. The second kappa shape index (κ2) is 5.53. The smallest absolute Gasteiger partial charge is 0.356 e. The van der Waals surface area contributed by atoms with Crippen LogP contribution in [0.1, 0.15) is 10.5 Å². The lowest BCUT2D eigenvalue weighted by Crippen LogP contribution is -2.03. The zero-order valence-corrected chi connectivity index (χ0v) is 10.7. The molecule has 1 heterocycles. The highest BCUT2D eigenvalue weighted by atomic mass is 35.5. The van der Waals surface area contributed by atoms with E-state index in [4.69, 9.17) is 21.4 Å². The molecule has 0 amide bonds. The fraction of sp³-hybridized carbons (Fsp3) is 0.0833. The van der Waals surface area contributed by atoms with E-state index in [-0.39, 0.29) is 5.69 Å². The van der Waals surface area contributed by atoms with Gasteiger partial charge in [-0.25, -0.2) is 14.8 Å². The van der Waals surface area contributed by atoms with E-state index >= 15 is 0 Å². The van der Waals surface area contributed by atoms with Crippen LogP contribution in [0.5, 0.6) is 5.75 Å². The molecule has 0 unspecified atom stereocenters. The van der Waals surface area contributed by atoms with E-state index in [1.807, 2.05) is 0 Å². The Bertz CT molecular complexity index is 602. The van der Waals surface area contributed by atoms with Gasteiger partial charge in [0, 0.05) is 6.07 Å². The maximum atomic E-state index is 10.6. The van der Waals surface area contributed by atoms with Crippen LogP contribution in [0.25, 0.3) is 0 Å². The summed E-state index contributed by atoms with van der Waals surface area (Å²) in [6.45, 7) is 0. The molecule has 1 aromatic carbocycles. The molecule has 7 heteroatoms. The molecule has 1 aromatic heterocycles. The van der Waals surface area contributed by atoms with Gasteiger partial charge >= 0.3 is 5.97 Å². The highest BCUT2D eigenvalue weighted by Gasteiger charge is 2.07. The largest absolute Gasteiger partial charge is 0.497 e. The van der Waals surface area contributed by atoms with Crippen LogP contribution >= 0.6 is 11.6 Å². The second-order valence-corrected chi connectivity index (χ2v) is 3.97. The third-order valence-electron chi connectivity index (χ3n) is 2.31. The zero-order valence-electron chi connectivity index (χ0n) is 9.92. The molecular formula is C12H10ClN3O3. The highest BCUT2D eigenvalue weighted by Crippen LogP contribution is 2.28. The molecule has 0 aliphatic heterocycles. The lowest BCUT2D eigenvalue weighted by atomic mass is 10.3. The first-order chi connectivity index (χ1) is 9.10. The predicted octanol–water partition coefficient (Wildman–Crippen LogP) is 2.58. The summed E-state index contributed by atoms with van der Waals surface area (Å²) in [5.74, 6) is -0.0966. The number of nitrogens with zero attached hydrogens (tertiary/aromatic N) is 2. The van der Waals surface area contributed by atoms with Crippen molar-refractivity contribution in [3.8, 4) is 5.75 Å². The summed E-state index contributed by atoms with van der Waals surface area (Å²) in [5, 5.41) is 12.1. The average molecular weight is 280 g/mol. The van der Waals surface area contributed by atoms with Crippen LogP contribution in [0.15, 0.2) is 30.6 Å². The van der Waals surface area contributed by atoms with E-state index in [2.05, 4.69) is 15.3 Å². The normalized spacial score (nSPS) is 10.0. The number of aromatic carboxylic acids is 1. The molecule has 2 N–H and O–H groups in total. The molecule has 0 radical (unpaired) electrons. The van der Waals surface area contributed by atoms with E-state index in [9.17, 15) is 4.79 Å². The lowest BCUT2D eigenvalue weighted by Gasteiger charge is -2.09. The van der Waals surface area contributed by atoms with E-state index in [1.165, 1.54) is 12.4 Å². The van der Waals surface area contributed by atoms with Crippen molar-refractivity contribution in [3.05, 3.63) is 41.3 Å². The summed E-state index contributed by atoms with van der Waals surface area (Å²) in [6.07, 6.45) is 2.48. The second-order valence-electron chi connectivity index (χ2n) is 3.56. The number of halogens is 1. The van der Waals surface area contributed by atoms with E-state index in [0.717, 1.165) is 0 Å². The van der Waals surface area contributed by atoms with Crippen LogP contribution in [-0.4, -0.2) is 28.2 Å². The molecule has 0 bridgehead atoms. The van der Waals surface area contributed by atoms with Gasteiger partial charge in [0.15, 0.2) is 5.69 Å². The van der Waals surface area contributed by atoms with Crippen LogP contribution in [0.3, 0.4) is 0 Å². The van der Waals surface area contributed by atoms with Gasteiger partial charge in [0.25, 0.3) is 0 Å². The quantitative estimate of drug-likeness (QED) is 0.895. The number of benzene rings is 1. The first kappa shape index (κ1) is 13.1. The molecule has 2 rings (SSSR count). The van der Waals surface area contributed by atoms with Crippen molar-refractivity contribution >= 4 is 29.1 Å². The maximum Gasteiger partial charge on any atom is 0.356 e. The van der Waals surface area contributed by atoms with Crippen LogP contribution < -0.4 is 10.1 Å². The Kier molecular flexibility index (Phi) is 3.82. The van der Waals surface area contributed by atoms with Crippen molar-refractivity contribution in [2.45, 2.75) is 0 Å². The molecule has 98 valence electrons. The number of hydrogen-bond donors (Lipinski definition) is 2. The molecule has 0 spiro atoms. The van der Waals surface area contributed by atoms with Crippen molar-refractivity contribution in [1.82, 2.24) is 9.97 Å². The summed E-state index contributed by atoms with van der Waals surface area (Å²) in [5.41, 5.74) is 0.473. The molecule has 2 aromatic rings. The number of nitrogens with one attached hydrogen (secondary N) is 1. The minimum atomic E-state index is -1.13. The van der Waals surface area contributed by atoms with Crippen LogP contribution in [-0.2, 0) is 0 Å². The molecule has 0 aliphatic carbocycles. The fourth-order valence-electron chi connectivity index (χ4n) is 1.37. The van der Waals surface area contributed by atoms with Crippen LogP contribution in [0.2, 0.25) is 5.02 Å². The summed E-state index contributed by atoms with van der Waals surface area (Å²) in [6, 6.07) is 5.11. The molecular weight excluding hydrogens is 270 g/mol. The van der Waals surface area contributed by atoms with Crippen molar-refractivity contribution in [3.63, 3.8) is 0 Å². The SMILES string of the molecule is COc1ccc(Cl)c(Nc2cnc(C(=O)O)cn2)c1. The lowest BCUT2D eigenvalue weighted by molar-refractivity contribution is 0.0690. The van der Waals surface area contributed by atoms with E-state index < -0.39 is 5.97 Å². The monoisotopic (exact) mass is 279 g/mol. The molecule has 0 saturated carbocycles. The van der Waals surface area contributed by atoms with Crippen LogP contribution in [0, 0.1) is 0 Å². The molecule has 0 fully saturated rings. The Morgan fingerprint density at radius 3 is 2.74 bits per heavy atom. The minimum Gasteiger partial charge on any atom is -0.497 e. The van der Waals surface area contributed by atoms with Gasteiger partial charge in [-0.1, -0.05) is 11.6 Å². The van der Waals surface area contributed by atoms with Crippen molar-refractivity contribution < 1.29 is 14.6 Å². The number of hydrogen-bond acceptors (Lipinski definition) is 5. The third kappa shape index (κ3) is 3.11. The molecule has 6 nitrogen and oxygen atoms in total. The van der Waals surface area contributed by atoms with Crippen molar-refractivity contribution in [2.75, 3.05) is 12.4 Å². The van der Waals surface area contributed by atoms with E-state index in [1.54, 1.807) is 25.3 Å². The molecule has 0 saturated heterocycles.